The number of nitrogens with zero attached hydrogens (tertiary/aromatic N) is 1. The fraction of sp³-hybridized carbons (Fsp3) is 0.344. The molecule has 67 heavy (non-hydrogen) atoms. The zero-order valence-electron chi connectivity index (χ0n) is 42.7. The zero-order valence-corrected chi connectivity index (χ0v) is 42.7. The number of benzene rings is 7. The molecule has 3 aliphatic rings. The van der Waals surface area contributed by atoms with Crippen molar-refractivity contribution in [2.45, 2.75) is 143 Å². The molecule has 10 rings (SSSR count). The summed E-state index contributed by atoms with van der Waals surface area (Å²) < 4.78 is 7.50. The van der Waals surface area contributed by atoms with Crippen molar-refractivity contribution in [2.24, 2.45) is 0 Å². The lowest BCUT2D eigenvalue weighted by atomic mass is 9.32. The molecule has 2 aliphatic heterocycles. The molecule has 2 heterocycles. The molecule has 0 saturated carbocycles. The quantitative estimate of drug-likeness (QED) is 0.111. The van der Waals surface area contributed by atoms with Crippen molar-refractivity contribution in [2.75, 3.05) is 4.90 Å². The first-order valence-electron chi connectivity index (χ1n) is 25.0. The second-order valence-electron chi connectivity index (χ2n) is 23.8. The molecule has 0 amide bonds. The summed E-state index contributed by atoms with van der Waals surface area (Å²) in [7, 11) is 0. The van der Waals surface area contributed by atoms with Crippen LogP contribution >= 0.6 is 0 Å². The lowest BCUT2D eigenvalue weighted by molar-refractivity contribution is 0.485. The third-order valence-electron chi connectivity index (χ3n) is 16.5. The molecule has 1 aliphatic carbocycles. The van der Waals surface area contributed by atoms with Gasteiger partial charge in [0.15, 0.2) is 0 Å². The maximum atomic E-state index is 7.50. The third-order valence-corrected chi connectivity index (χ3v) is 16.5. The summed E-state index contributed by atoms with van der Waals surface area (Å²) in [6, 6.07) is 54.2. The molecule has 3 heteroatoms. The number of hydrogen-bond donors (Lipinski definition) is 0. The van der Waals surface area contributed by atoms with E-state index in [0.717, 1.165) is 24.3 Å². The molecule has 2 nitrogen and oxygen atoms in total. The molecule has 0 saturated heterocycles. The number of fused-ring (bicyclic) bond motifs is 8. The normalized spacial score (nSPS) is 14.9. The van der Waals surface area contributed by atoms with E-state index in [1.165, 1.54) is 94.6 Å². The lowest BCUT2D eigenvalue weighted by Crippen LogP contribution is -2.61. The van der Waals surface area contributed by atoms with E-state index >= 15 is 0 Å². The van der Waals surface area contributed by atoms with E-state index in [4.69, 9.17) is 4.74 Å². The van der Waals surface area contributed by atoms with Crippen LogP contribution in [0.3, 0.4) is 0 Å². The van der Waals surface area contributed by atoms with Crippen LogP contribution in [0.1, 0.15) is 166 Å². The van der Waals surface area contributed by atoms with Crippen molar-refractivity contribution in [1.82, 2.24) is 0 Å². The molecule has 7 aromatic rings. The van der Waals surface area contributed by atoms with E-state index < -0.39 is 0 Å². The van der Waals surface area contributed by atoms with Gasteiger partial charge in [-0.05, 0) is 148 Å². The fourth-order valence-corrected chi connectivity index (χ4v) is 11.5. The first-order chi connectivity index (χ1) is 31.7. The van der Waals surface area contributed by atoms with Crippen molar-refractivity contribution in [1.29, 1.82) is 0 Å². The maximum absolute atomic E-state index is 7.50. The van der Waals surface area contributed by atoms with Gasteiger partial charge in [0, 0.05) is 28.4 Å². The van der Waals surface area contributed by atoms with Crippen LogP contribution in [0, 0.1) is 0 Å². The molecule has 0 bridgehead atoms. The molecular formula is C64H70BNO. The fourth-order valence-electron chi connectivity index (χ4n) is 11.5. The summed E-state index contributed by atoms with van der Waals surface area (Å²) in [5.74, 6) is 1.87. The van der Waals surface area contributed by atoms with Gasteiger partial charge in [-0.3, -0.25) is 0 Å². The Hall–Kier alpha value is -5.80. The summed E-state index contributed by atoms with van der Waals surface area (Å²) in [6.07, 6.45) is 2.13. The predicted octanol–water partition coefficient (Wildman–Crippen LogP) is 15.5. The van der Waals surface area contributed by atoms with E-state index in [1.807, 2.05) is 0 Å². The molecule has 0 spiro atoms. The van der Waals surface area contributed by atoms with Crippen LogP contribution in [0.5, 0.6) is 11.5 Å². The first kappa shape index (κ1) is 45.0. The van der Waals surface area contributed by atoms with Gasteiger partial charge in [-0.1, -0.05) is 200 Å². The Bertz CT molecular complexity index is 2990. The highest BCUT2D eigenvalue weighted by molar-refractivity contribution is 6.99. The van der Waals surface area contributed by atoms with Crippen LogP contribution in [-0.2, 0) is 27.1 Å². The minimum Gasteiger partial charge on any atom is -0.458 e. The van der Waals surface area contributed by atoms with Gasteiger partial charge in [-0.2, -0.15) is 0 Å². The van der Waals surface area contributed by atoms with Gasteiger partial charge >= 0.3 is 0 Å². The Kier molecular flexibility index (Phi) is 10.5. The monoisotopic (exact) mass is 880 g/mol. The molecule has 0 atom stereocenters. The Labute approximate surface area is 402 Å². The van der Waals surface area contributed by atoms with Gasteiger partial charge < -0.3 is 9.64 Å². The standard InChI is InChI=1S/C64H70BNO/c1-15-62(9,10)44-32-35-46(36-33-44)66-51-37-34-45(63(11,12)16-2)38-50(51)65-58-52(66)22-19-23-53(58)67-54-39-48(56-47-20-17-18-21-49(47)64(13,14)57(56)59(54)65)55(40-24-28-42(29-25-40)60(3,4)5)41-26-30-43(31-27-41)61(6,7)8/h17-39,55H,15-16H2,1-14H3. The van der Waals surface area contributed by atoms with Gasteiger partial charge in [0.1, 0.15) is 11.5 Å². The summed E-state index contributed by atoms with van der Waals surface area (Å²) in [5.41, 5.74) is 22.1. The topological polar surface area (TPSA) is 12.5 Å². The highest BCUT2D eigenvalue weighted by Gasteiger charge is 2.49. The van der Waals surface area contributed by atoms with Gasteiger partial charge in [-0.15, -0.1) is 0 Å². The van der Waals surface area contributed by atoms with E-state index in [0.29, 0.717) is 0 Å². The summed E-state index contributed by atoms with van der Waals surface area (Å²) in [4.78, 5) is 2.51. The van der Waals surface area contributed by atoms with Crippen molar-refractivity contribution in [3.05, 3.63) is 190 Å². The van der Waals surface area contributed by atoms with Crippen LogP contribution in [-0.4, -0.2) is 6.71 Å². The molecule has 0 N–H and O–H groups in total. The minimum atomic E-state index is -0.307. The minimum absolute atomic E-state index is 0.000640. The highest BCUT2D eigenvalue weighted by Crippen LogP contribution is 2.55. The lowest BCUT2D eigenvalue weighted by Gasteiger charge is -2.42. The molecule has 0 fully saturated rings. The molecule has 0 aromatic heterocycles. The summed E-state index contributed by atoms with van der Waals surface area (Å²) in [5, 5.41) is 0. The number of ether oxygens (including phenoxy) is 1. The van der Waals surface area contributed by atoms with Crippen LogP contribution < -0.4 is 26.0 Å². The largest absolute Gasteiger partial charge is 0.458 e. The van der Waals surface area contributed by atoms with Crippen LogP contribution in [0.4, 0.5) is 17.1 Å². The smallest absolute Gasteiger partial charge is 0.256 e. The Morgan fingerprint density at radius 1 is 0.537 bits per heavy atom. The van der Waals surface area contributed by atoms with E-state index in [1.54, 1.807) is 0 Å². The van der Waals surface area contributed by atoms with Crippen molar-refractivity contribution < 1.29 is 4.74 Å². The molecule has 0 unspecified atom stereocenters. The molecular weight excluding hydrogens is 810 g/mol. The third kappa shape index (κ3) is 7.21. The van der Waals surface area contributed by atoms with Gasteiger partial charge in [0.25, 0.3) is 6.71 Å². The van der Waals surface area contributed by atoms with Gasteiger partial charge in [0.2, 0.25) is 0 Å². The molecule has 340 valence electrons. The maximum Gasteiger partial charge on any atom is 0.256 e. The van der Waals surface area contributed by atoms with Crippen molar-refractivity contribution in [3.8, 4) is 22.6 Å². The molecule has 0 radical (unpaired) electrons. The van der Waals surface area contributed by atoms with Gasteiger partial charge in [-0.25, -0.2) is 0 Å². The summed E-state index contributed by atoms with van der Waals surface area (Å²) >= 11 is 0. The second kappa shape index (κ2) is 15.6. The van der Waals surface area contributed by atoms with Crippen LogP contribution in [0.15, 0.2) is 140 Å². The SMILES string of the molecule is CCC(C)(C)c1ccc(N2c3ccc(C(C)(C)CC)cc3B3c4c(cccc42)Oc2cc(C(c4ccc(C(C)(C)C)cc4)c4ccc(C(C)(C)C)cc4)c4c(c23)C(C)(C)c2ccccc2-4)cc1. The first-order valence-corrected chi connectivity index (χ1v) is 25.0. The zero-order chi connectivity index (χ0) is 47.6. The average molecular weight is 880 g/mol. The number of anilines is 3. The number of rotatable bonds is 8. The van der Waals surface area contributed by atoms with Crippen LogP contribution in [0.25, 0.3) is 11.1 Å². The predicted molar refractivity (Wildman–Crippen MR) is 288 cm³/mol. The summed E-state index contributed by atoms with van der Waals surface area (Å²) in [6.45, 7) is 32.8. The van der Waals surface area contributed by atoms with E-state index in [2.05, 4.69) is 241 Å². The van der Waals surface area contributed by atoms with Crippen molar-refractivity contribution >= 4 is 40.2 Å². The molecule has 7 aromatic carbocycles. The highest BCUT2D eigenvalue weighted by atomic mass is 16.5. The Morgan fingerprint density at radius 3 is 1.67 bits per heavy atom. The Morgan fingerprint density at radius 2 is 1.09 bits per heavy atom. The van der Waals surface area contributed by atoms with E-state index in [-0.39, 0.29) is 39.7 Å². The second-order valence-corrected chi connectivity index (χ2v) is 23.8. The Balaban J connectivity index is 1.27. The van der Waals surface area contributed by atoms with E-state index in [9.17, 15) is 0 Å². The number of hydrogen-bond acceptors (Lipinski definition) is 2. The van der Waals surface area contributed by atoms with Gasteiger partial charge in [0.05, 0.1) is 0 Å². The van der Waals surface area contributed by atoms with Crippen molar-refractivity contribution in [3.63, 3.8) is 0 Å². The van der Waals surface area contributed by atoms with Crippen LogP contribution in [0.2, 0.25) is 0 Å². The average Bonchev–Trinajstić information content (AvgIpc) is 3.55.